The molecule has 4 rings (SSSR count). The van der Waals surface area contributed by atoms with E-state index in [0.717, 1.165) is 40.3 Å². The molecule has 1 aliphatic rings. The molecule has 0 spiro atoms. The van der Waals surface area contributed by atoms with E-state index in [1.807, 2.05) is 43.3 Å². The van der Waals surface area contributed by atoms with Gasteiger partial charge in [-0.05, 0) is 43.2 Å². The number of benzene rings is 2. The molecular formula is C21H22N4O2S. The Balaban J connectivity index is 1.77. The number of hydrogen-bond acceptors (Lipinski definition) is 7. The first-order valence-electron chi connectivity index (χ1n) is 9.24. The Morgan fingerprint density at radius 1 is 1.18 bits per heavy atom. The molecule has 0 saturated carbocycles. The summed E-state index contributed by atoms with van der Waals surface area (Å²) in [4.78, 5) is 4.64. The number of para-hydroxylation sites is 1. The van der Waals surface area contributed by atoms with Crippen LogP contribution in [0.1, 0.15) is 30.7 Å². The van der Waals surface area contributed by atoms with Gasteiger partial charge in [0, 0.05) is 22.6 Å². The van der Waals surface area contributed by atoms with E-state index in [4.69, 9.17) is 9.47 Å². The Hall–Kier alpha value is -2.80. The van der Waals surface area contributed by atoms with E-state index in [-0.39, 0.29) is 0 Å². The predicted octanol–water partition coefficient (Wildman–Crippen LogP) is 4.86. The number of fused-ring (bicyclic) bond motifs is 3. The molecule has 3 aromatic rings. The molecule has 0 aliphatic carbocycles. The standard InChI is InChI=1S/C21H22N4O2S/c1-4-11-28-21-23-20-18(24-25-21)15-7-5-6-8-16(15)22-19(27-20)14-9-10-17(26-3)13(2)12-14/h5-10,12,19,22H,4,11H2,1-3H3/t19-/m1/s1. The summed E-state index contributed by atoms with van der Waals surface area (Å²) in [6.45, 7) is 4.15. The topological polar surface area (TPSA) is 69.2 Å². The highest BCUT2D eigenvalue weighted by Gasteiger charge is 2.26. The van der Waals surface area contributed by atoms with Gasteiger partial charge in [0.15, 0.2) is 11.9 Å². The maximum atomic E-state index is 6.30. The van der Waals surface area contributed by atoms with Gasteiger partial charge >= 0.3 is 0 Å². The number of nitrogens with zero attached hydrogens (tertiary/aromatic N) is 3. The summed E-state index contributed by atoms with van der Waals surface area (Å²) in [5.74, 6) is 2.28. The van der Waals surface area contributed by atoms with Crippen molar-refractivity contribution in [2.75, 3.05) is 18.2 Å². The normalized spacial score (nSPS) is 14.9. The second-order valence-electron chi connectivity index (χ2n) is 6.51. The number of nitrogens with one attached hydrogen (secondary N) is 1. The highest BCUT2D eigenvalue weighted by molar-refractivity contribution is 7.99. The van der Waals surface area contributed by atoms with Gasteiger partial charge in [-0.3, -0.25) is 0 Å². The van der Waals surface area contributed by atoms with Crippen LogP contribution in [0.3, 0.4) is 0 Å². The first-order valence-corrected chi connectivity index (χ1v) is 10.2. The lowest BCUT2D eigenvalue weighted by atomic mass is 10.1. The van der Waals surface area contributed by atoms with Gasteiger partial charge in [0.25, 0.3) is 0 Å². The lowest BCUT2D eigenvalue weighted by Gasteiger charge is -2.20. The van der Waals surface area contributed by atoms with Crippen LogP contribution in [-0.4, -0.2) is 28.0 Å². The molecule has 144 valence electrons. The van der Waals surface area contributed by atoms with Crippen molar-refractivity contribution in [3.05, 3.63) is 53.6 Å². The summed E-state index contributed by atoms with van der Waals surface area (Å²) in [7, 11) is 1.67. The van der Waals surface area contributed by atoms with Crippen molar-refractivity contribution in [1.29, 1.82) is 0 Å². The maximum absolute atomic E-state index is 6.30. The number of anilines is 1. The van der Waals surface area contributed by atoms with E-state index >= 15 is 0 Å². The van der Waals surface area contributed by atoms with Gasteiger partial charge in [0.05, 0.1) is 7.11 Å². The average molecular weight is 395 g/mol. The number of aryl methyl sites for hydroxylation is 1. The number of methoxy groups -OCH3 is 1. The van der Waals surface area contributed by atoms with Crippen LogP contribution in [0.25, 0.3) is 11.3 Å². The number of ether oxygens (including phenoxy) is 2. The van der Waals surface area contributed by atoms with E-state index in [2.05, 4.69) is 33.5 Å². The Bertz CT molecular complexity index is 996. The van der Waals surface area contributed by atoms with Gasteiger partial charge in [-0.25, -0.2) is 0 Å². The molecule has 28 heavy (non-hydrogen) atoms. The van der Waals surface area contributed by atoms with Gasteiger partial charge in [0.1, 0.15) is 5.75 Å². The van der Waals surface area contributed by atoms with Crippen molar-refractivity contribution >= 4 is 17.4 Å². The van der Waals surface area contributed by atoms with Crippen LogP contribution in [0.5, 0.6) is 11.6 Å². The maximum Gasteiger partial charge on any atom is 0.247 e. The van der Waals surface area contributed by atoms with Crippen molar-refractivity contribution in [2.45, 2.75) is 31.7 Å². The fraction of sp³-hybridized carbons (Fsp3) is 0.286. The van der Waals surface area contributed by atoms with Gasteiger partial charge in [-0.1, -0.05) is 36.9 Å². The minimum absolute atomic E-state index is 0.396. The molecule has 0 amide bonds. The van der Waals surface area contributed by atoms with Crippen LogP contribution < -0.4 is 14.8 Å². The van der Waals surface area contributed by atoms with E-state index < -0.39 is 6.23 Å². The van der Waals surface area contributed by atoms with Crippen LogP contribution in [0, 0.1) is 6.92 Å². The van der Waals surface area contributed by atoms with Crippen LogP contribution in [-0.2, 0) is 0 Å². The molecule has 6 nitrogen and oxygen atoms in total. The third-order valence-corrected chi connectivity index (χ3v) is 5.53. The summed E-state index contributed by atoms with van der Waals surface area (Å²) in [5, 5.41) is 12.8. The van der Waals surface area contributed by atoms with Crippen LogP contribution in [0.2, 0.25) is 0 Å². The molecule has 0 fully saturated rings. The molecule has 2 heterocycles. The molecule has 1 aromatic heterocycles. The van der Waals surface area contributed by atoms with Crippen molar-refractivity contribution in [2.24, 2.45) is 0 Å². The van der Waals surface area contributed by atoms with Crippen LogP contribution >= 0.6 is 11.8 Å². The van der Waals surface area contributed by atoms with Crippen molar-refractivity contribution in [3.63, 3.8) is 0 Å². The summed E-state index contributed by atoms with van der Waals surface area (Å²) in [6.07, 6.45) is 0.650. The molecule has 1 atom stereocenters. The minimum atomic E-state index is -0.396. The van der Waals surface area contributed by atoms with Crippen molar-refractivity contribution in [3.8, 4) is 22.9 Å². The van der Waals surface area contributed by atoms with Crippen LogP contribution in [0.15, 0.2) is 47.6 Å². The second kappa shape index (κ2) is 8.06. The van der Waals surface area contributed by atoms with Crippen LogP contribution in [0.4, 0.5) is 5.69 Å². The highest BCUT2D eigenvalue weighted by Crippen LogP contribution is 2.39. The Labute approximate surface area is 168 Å². The zero-order valence-corrected chi connectivity index (χ0v) is 16.9. The van der Waals surface area contributed by atoms with Crippen molar-refractivity contribution < 1.29 is 9.47 Å². The minimum Gasteiger partial charge on any atom is -0.496 e. The number of thioether (sulfide) groups is 1. The second-order valence-corrected chi connectivity index (χ2v) is 7.58. The molecule has 2 aromatic carbocycles. The van der Waals surface area contributed by atoms with Crippen molar-refractivity contribution in [1.82, 2.24) is 15.2 Å². The third kappa shape index (κ3) is 3.62. The first-order chi connectivity index (χ1) is 13.7. The number of hydrogen-bond donors (Lipinski definition) is 1. The zero-order chi connectivity index (χ0) is 19.5. The van der Waals surface area contributed by atoms with Gasteiger partial charge in [-0.15, -0.1) is 10.2 Å². The molecule has 0 unspecified atom stereocenters. The number of rotatable bonds is 5. The van der Waals surface area contributed by atoms with E-state index in [0.29, 0.717) is 16.7 Å². The Morgan fingerprint density at radius 2 is 2.04 bits per heavy atom. The predicted molar refractivity (Wildman–Crippen MR) is 111 cm³/mol. The van der Waals surface area contributed by atoms with E-state index in [9.17, 15) is 0 Å². The zero-order valence-electron chi connectivity index (χ0n) is 16.1. The first kappa shape index (κ1) is 18.6. The monoisotopic (exact) mass is 394 g/mol. The lowest BCUT2D eigenvalue weighted by Crippen LogP contribution is -2.17. The van der Waals surface area contributed by atoms with Gasteiger partial charge in [0.2, 0.25) is 11.0 Å². The molecule has 1 aliphatic heterocycles. The van der Waals surface area contributed by atoms with E-state index in [1.165, 1.54) is 0 Å². The average Bonchev–Trinajstić information content (AvgIpc) is 2.88. The summed E-state index contributed by atoms with van der Waals surface area (Å²) < 4.78 is 11.7. The highest BCUT2D eigenvalue weighted by atomic mass is 32.2. The SMILES string of the molecule is CCCSc1nnc2c(n1)O[C@H](c1ccc(OC)c(C)c1)Nc1ccccc1-2. The van der Waals surface area contributed by atoms with E-state index in [1.54, 1.807) is 18.9 Å². The van der Waals surface area contributed by atoms with Gasteiger partial charge in [-0.2, -0.15) is 4.98 Å². The molecule has 1 N–H and O–H groups in total. The fourth-order valence-corrected chi connectivity index (χ4v) is 3.75. The van der Waals surface area contributed by atoms with Gasteiger partial charge < -0.3 is 14.8 Å². The molecule has 0 bridgehead atoms. The smallest absolute Gasteiger partial charge is 0.247 e. The lowest BCUT2D eigenvalue weighted by molar-refractivity contribution is 0.225. The largest absolute Gasteiger partial charge is 0.496 e. The molecule has 0 radical (unpaired) electrons. The summed E-state index contributed by atoms with van der Waals surface area (Å²) in [5.41, 5.74) is 4.55. The fourth-order valence-electron chi connectivity index (χ4n) is 3.12. The molecule has 7 heteroatoms. The quantitative estimate of drug-likeness (QED) is 0.620. The molecular weight excluding hydrogens is 372 g/mol. The summed E-state index contributed by atoms with van der Waals surface area (Å²) in [6, 6.07) is 14.0. The third-order valence-electron chi connectivity index (χ3n) is 4.49. The molecule has 0 saturated heterocycles. The Morgan fingerprint density at radius 3 is 2.82 bits per heavy atom. The summed E-state index contributed by atoms with van der Waals surface area (Å²) >= 11 is 1.58. The number of aromatic nitrogens is 3. The Kier molecular flexibility index (Phi) is 5.34.